The quantitative estimate of drug-likeness (QED) is 0.850. The van der Waals surface area contributed by atoms with Crippen LogP contribution in [0.25, 0.3) is 11.1 Å². The maximum atomic E-state index is 5.65. The first kappa shape index (κ1) is 11.0. The highest BCUT2D eigenvalue weighted by molar-refractivity contribution is 9.10. The molecule has 0 aliphatic carbocycles. The minimum atomic E-state index is 0.771. The highest BCUT2D eigenvalue weighted by Crippen LogP contribution is 2.30. The number of hydrogen-bond donors (Lipinski definition) is 1. The number of ether oxygens (including phenoxy) is 1. The van der Waals surface area contributed by atoms with E-state index in [1.165, 1.54) is 0 Å². The molecule has 0 heterocycles. The lowest BCUT2D eigenvalue weighted by atomic mass is 10.1. The van der Waals surface area contributed by atoms with Crippen molar-refractivity contribution < 1.29 is 4.74 Å². The summed E-state index contributed by atoms with van der Waals surface area (Å²) in [5.74, 6) is 0.828. The minimum absolute atomic E-state index is 0.771. The summed E-state index contributed by atoms with van der Waals surface area (Å²) in [4.78, 5) is 0. The van der Waals surface area contributed by atoms with Gasteiger partial charge in [-0.05, 0) is 51.3 Å². The van der Waals surface area contributed by atoms with Gasteiger partial charge in [0.25, 0.3) is 0 Å². The van der Waals surface area contributed by atoms with Crippen molar-refractivity contribution in [3.8, 4) is 16.9 Å². The predicted molar refractivity (Wildman–Crippen MR) is 70.5 cm³/mol. The van der Waals surface area contributed by atoms with Crippen molar-refractivity contribution in [2.45, 2.75) is 0 Å². The fourth-order valence-corrected chi connectivity index (χ4v) is 1.92. The van der Waals surface area contributed by atoms with Crippen molar-refractivity contribution in [1.29, 1.82) is 0 Å². The number of benzene rings is 2. The van der Waals surface area contributed by atoms with Crippen LogP contribution < -0.4 is 10.5 Å². The molecule has 0 saturated heterocycles. The molecular formula is C13H12BrNO. The lowest BCUT2D eigenvalue weighted by molar-refractivity contribution is 0.412. The van der Waals surface area contributed by atoms with Gasteiger partial charge in [-0.25, -0.2) is 0 Å². The molecule has 2 N–H and O–H groups in total. The number of halogens is 1. The van der Waals surface area contributed by atoms with Gasteiger partial charge in [0, 0.05) is 5.69 Å². The molecule has 82 valence electrons. The van der Waals surface area contributed by atoms with Gasteiger partial charge in [0.1, 0.15) is 5.75 Å². The van der Waals surface area contributed by atoms with Gasteiger partial charge in [-0.3, -0.25) is 0 Å². The van der Waals surface area contributed by atoms with Crippen molar-refractivity contribution in [2.24, 2.45) is 0 Å². The first-order valence-corrected chi connectivity index (χ1v) is 5.69. The highest BCUT2D eigenvalue weighted by Gasteiger charge is 2.03. The molecule has 0 aromatic heterocycles. The average Bonchev–Trinajstić information content (AvgIpc) is 2.31. The Morgan fingerprint density at radius 2 is 1.62 bits per heavy atom. The molecule has 0 amide bonds. The molecule has 0 aliphatic heterocycles. The van der Waals surface area contributed by atoms with Crippen LogP contribution in [0.1, 0.15) is 0 Å². The van der Waals surface area contributed by atoms with Crippen LogP contribution in [0, 0.1) is 0 Å². The van der Waals surface area contributed by atoms with Gasteiger partial charge >= 0.3 is 0 Å². The third kappa shape index (κ3) is 2.19. The second-order valence-corrected chi connectivity index (χ2v) is 4.33. The van der Waals surface area contributed by atoms with E-state index in [1.807, 2.05) is 42.5 Å². The van der Waals surface area contributed by atoms with E-state index < -0.39 is 0 Å². The van der Waals surface area contributed by atoms with E-state index in [2.05, 4.69) is 15.9 Å². The normalized spacial score (nSPS) is 10.1. The van der Waals surface area contributed by atoms with Crippen molar-refractivity contribution in [3.63, 3.8) is 0 Å². The first-order chi connectivity index (χ1) is 7.70. The number of anilines is 1. The van der Waals surface area contributed by atoms with Crippen molar-refractivity contribution in [2.75, 3.05) is 12.8 Å². The first-order valence-electron chi connectivity index (χ1n) is 4.90. The molecule has 3 heteroatoms. The van der Waals surface area contributed by atoms with Crippen LogP contribution in [-0.2, 0) is 0 Å². The third-order valence-corrected chi connectivity index (χ3v) is 3.05. The maximum Gasteiger partial charge on any atom is 0.133 e. The van der Waals surface area contributed by atoms with Crippen LogP contribution in [0.3, 0.4) is 0 Å². The van der Waals surface area contributed by atoms with Crippen molar-refractivity contribution >= 4 is 21.6 Å². The van der Waals surface area contributed by atoms with E-state index in [0.717, 1.165) is 27.0 Å². The largest absolute Gasteiger partial charge is 0.496 e. The molecule has 2 nitrogen and oxygen atoms in total. The van der Waals surface area contributed by atoms with E-state index in [9.17, 15) is 0 Å². The topological polar surface area (TPSA) is 35.2 Å². The van der Waals surface area contributed by atoms with Gasteiger partial charge in [-0.2, -0.15) is 0 Å². The molecular weight excluding hydrogens is 266 g/mol. The Morgan fingerprint density at radius 1 is 1.00 bits per heavy atom. The number of rotatable bonds is 2. The monoisotopic (exact) mass is 277 g/mol. The van der Waals surface area contributed by atoms with E-state index in [0.29, 0.717) is 0 Å². The Balaban J connectivity index is 2.44. The highest BCUT2D eigenvalue weighted by atomic mass is 79.9. The molecule has 0 spiro atoms. The Kier molecular flexibility index (Phi) is 3.15. The smallest absolute Gasteiger partial charge is 0.133 e. The molecule has 0 bridgehead atoms. The molecule has 16 heavy (non-hydrogen) atoms. The summed E-state index contributed by atoms with van der Waals surface area (Å²) >= 11 is 3.43. The van der Waals surface area contributed by atoms with Crippen molar-refractivity contribution in [1.82, 2.24) is 0 Å². The average molecular weight is 278 g/mol. The van der Waals surface area contributed by atoms with E-state index in [-0.39, 0.29) is 0 Å². The minimum Gasteiger partial charge on any atom is -0.496 e. The zero-order valence-electron chi connectivity index (χ0n) is 8.91. The lowest BCUT2D eigenvalue weighted by Crippen LogP contribution is -1.87. The SMILES string of the molecule is COc1cc(-c2ccc(N)cc2)ccc1Br. The van der Waals surface area contributed by atoms with Gasteiger partial charge in [-0.1, -0.05) is 18.2 Å². The second kappa shape index (κ2) is 4.58. The molecule has 2 aromatic carbocycles. The lowest BCUT2D eigenvalue weighted by Gasteiger charge is -2.07. The zero-order valence-corrected chi connectivity index (χ0v) is 10.5. The molecule has 2 aromatic rings. The molecule has 2 rings (SSSR count). The summed E-state index contributed by atoms with van der Waals surface area (Å²) < 4.78 is 6.21. The molecule has 0 radical (unpaired) electrons. The molecule has 0 saturated carbocycles. The summed E-state index contributed by atoms with van der Waals surface area (Å²) in [6.45, 7) is 0. The standard InChI is InChI=1S/C13H12BrNO/c1-16-13-8-10(4-7-12(13)14)9-2-5-11(15)6-3-9/h2-8H,15H2,1H3. The van der Waals surface area contributed by atoms with Crippen LogP contribution in [0.15, 0.2) is 46.9 Å². The van der Waals surface area contributed by atoms with Gasteiger partial charge in [0.05, 0.1) is 11.6 Å². The maximum absolute atomic E-state index is 5.65. The fourth-order valence-electron chi connectivity index (χ4n) is 1.51. The molecule has 0 fully saturated rings. The Morgan fingerprint density at radius 3 is 2.25 bits per heavy atom. The van der Waals surface area contributed by atoms with E-state index in [4.69, 9.17) is 10.5 Å². The Hall–Kier alpha value is -1.48. The molecule has 0 unspecified atom stereocenters. The Bertz CT molecular complexity index is 494. The van der Waals surface area contributed by atoms with Gasteiger partial charge < -0.3 is 10.5 Å². The fraction of sp³-hybridized carbons (Fsp3) is 0.0769. The number of methoxy groups -OCH3 is 1. The molecule has 0 atom stereocenters. The summed E-state index contributed by atoms with van der Waals surface area (Å²) in [6.07, 6.45) is 0. The molecule has 0 aliphatic rings. The van der Waals surface area contributed by atoms with Crippen LogP contribution in [0.4, 0.5) is 5.69 Å². The summed E-state index contributed by atoms with van der Waals surface area (Å²) in [6, 6.07) is 13.8. The third-order valence-electron chi connectivity index (χ3n) is 2.40. The summed E-state index contributed by atoms with van der Waals surface area (Å²) in [7, 11) is 1.66. The van der Waals surface area contributed by atoms with E-state index >= 15 is 0 Å². The van der Waals surface area contributed by atoms with Crippen LogP contribution >= 0.6 is 15.9 Å². The van der Waals surface area contributed by atoms with Gasteiger partial charge in [0.2, 0.25) is 0 Å². The Labute approximate surface area is 103 Å². The summed E-state index contributed by atoms with van der Waals surface area (Å²) in [5.41, 5.74) is 8.66. The summed E-state index contributed by atoms with van der Waals surface area (Å²) in [5, 5.41) is 0. The van der Waals surface area contributed by atoms with Crippen LogP contribution in [0.5, 0.6) is 5.75 Å². The van der Waals surface area contributed by atoms with E-state index in [1.54, 1.807) is 7.11 Å². The van der Waals surface area contributed by atoms with Crippen LogP contribution in [-0.4, -0.2) is 7.11 Å². The number of nitrogen functional groups attached to an aromatic ring is 1. The van der Waals surface area contributed by atoms with Crippen molar-refractivity contribution in [3.05, 3.63) is 46.9 Å². The van der Waals surface area contributed by atoms with Gasteiger partial charge in [-0.15, -0.1) is 0 Å². The number of nitrogens with two attached hydrogens (primary N) is 1. The van der Waals surface area contributed by atoms with Gasteiger partial charge in [0.15, 0.2) is 0 Å². The zero-order chi connectivity index (χ0) is 11.5. The predicted octanol–water partition coefficient (Wildman–Crippen LogP) is 3.71. The van der Waals surface area contributed by atoms with Crippen LogP contribution in [0.2, 0.25) is 0 Å². The number of hydrogen-bond acceptors (Lipinski definition) is 2. The second-order valence-electron chi connectivity index (χ2n) is 3.47.